The van der Waals surface area contributed by atoms with Gasteiger partial charge in [0.1, 0.15) is 11.5 Å². The Bertz CT molecular complexity index is 2930. The minimum Gasteiger partial charge on any atom is -0.494 e. The van der Waals surface area contributed by atoms with Gasteiger partial charge in [0, 0.05) is 51.1 Å². The summed E-state index contributed by atoms with van der Waals surface area (Å²) in [4.78, 5) is 26.7. The molecule has 0 bridgehead atoms. The highest BCUT2D eigenvalue weighted by Crippen LogP contribution is 2.39. The predicted molar refractivity (Wildman–Crippen MR) is 300 cm³/mol. The second kappa shape index (κ2) is 29.0. The Kier molecular flexibility index (Phi) is 21.8. The number of carboxylic acid groups (broad SMARTS) is 2. The molecule has 8 aromatic carbocycles. The summed E-state index contributed by atoms with van der Waals surface area (Å²) < 4.78 is 92.9. The van der Waals surface area contributed by atoms with E-state index in [1.165, 1.54) is 36.4 Å². The molecule has 0 aliphatic rings. The average molecular weight is 1140 g/mol. The van der Waals surface area contributed by atoms with E-state index in [0.717, 1.165) is 34.4 Å². The van der Waals surface area contributed by atoms with Gasteiger partial charge in [-0.25, -0.2) is 9.59 Å². The summed E-state index contributed by atoms with van der Waals surface area (Å²) >= 11 is 12.5. The van der Waals surface area contributed by atoms with Crippen LogP contribution in [0.3, 0.4) is 0 Å². The van der Waals surface area contributed by atoms with Gasteiger partial charge in [0.15, 0.2) is 0 Å². The molecule has 0 saturated heterocycles. The van der Waals surface area contributed by atoms with Crippen molar-refractivity contribution < 1.29 is 55.6 Å². The third-order valence-electron chi connectivity index (χ3n) is 13.2. The van der Waals surface area contributed by atoms with Gasteiger partial charge in [-0.1, -0.05) is 181 Å². The Morgan fingerprint density at radius 3 is 1.05 bits per heavy atom. The molecular weight excluding hydrogens is 1080 g/mol. The van der Waals surface area contributed by atoms with Crippen molar-refractivity contribution in [2.24, 2.45) is 0 Å². The van der Waals surface area contributed by atoms with Crippen molar-refractivity contribution in [1.82, 2.24) is 9.80 Å². The van der Waals surface area contributed by atoms with E-state index in [1.807, 2.05) is 121 Å². The van der Waals surface area contributed by atoms with Gasteiger partial charge in [0.2, 0.25) is 0 Å². The minimum atomic E-state index is -4.55. The first-order valence-corrected chi connectivity index (χ1v) is 26.5. The lowest BCUT2D eigenvalue weighted by Gasteiger charge is -2.29. The molecule has 0 atom stereocenters. The number of hydrogen-bond donors (Lipinski definition) is 2. The topological polar surface area (TPSA) is 99.5 Å². The zero-order valence-electron chi connectivity index (χ0n) is 43.3. The molecule has 8 aromatic rings. The van der Waals surface area contributed by atoms with E-state index >= 15 is 0 Å². The van der Waals surface area contributed by atoms with E-state index in [4.69, 9.17) is 32.7 Å². The SMILES string of the molecule is O=C(O)c1cccc(OCCCN(Cc2cccc(C(F)(F)F)c2Cl)CC(c2ccccc2)c2ccccc2)c1.O=C(O)c1cccc(OCCCN(Cc2cccc(C(F)(F)F)c2Cl)CC(c2ccccc2)c2ccccc2)c1. The molecule has 0 amide bonds. The first kappa shape index (κ1) is 60.0. The van der Waals surface area contributed by atoms with Crippen molar-refractivity contribution in [3.63, 3.8) is 0 Å². The molecule has 0 aliphatic heterocycles. The monoisotopic (exact) mass is 1130 g/mol. The normalized spacial score (nSPS) is 11.7. The highest BCUT2D eigenvalue weighted by Gasteiger charge is 2.35. The van der Waals surface area contributed by atoms with Crippen LogP contribution < -0.4 is 9.47 Å². The van der Waals surface area contributed by atoms with Crippen molar-refractivity contribution in [2.75, 3.05) is 39.4 Å². The molecule has 0 fully saturated rings. The largest absolute Gasteiger partial charge is 0.494 e. The molecule has 16 heteroatoms. The van der Waals surface area contributed by atoms with E-state index in [-0.39, 0.29) is 46.1 Å². The molecule has 0 radical (unpaired) electrons. The summed E-state index contributed by atoms with van der Waals surface area (Å²) in [6.07, 6.45) is -7.98. The van der Waals surface area contributed by atoms with E-state index in [0.29, 0.717) is 74.9 Å². The third kappa shape index (κ3) is 17.7. The number of alkyl halides is 6. The van der Waals surface area contributed by atoms with E-state index in [1.54, 1.807) is 36.4 Å². The van der Waals surface area contributed by atoms with Crippen molar-refractivity contribution in [1.29, 1.82) is 0 Å². The maximum atomic E-state index is 13.6. The second-order valence-electron chi connectivity index (χ2n) is 18.8. The number of carboxylic acids is 2. The standard InChI is InChI=1S/2C32H29ClF3NO3/c2*33-30-26(15-8-17-29(30)32(34,35)36)21-37(18-9-19-40-27-16-7-14-25(20-27)31(38)39)22-28(23-10-3-1-4-11-23)24-12-5-2-6-13-24/h2*1-8,10-17,20,28H,9,18-19,21-22H2,(H,38,39). The quantitative estimate of drug-likeness (QED) is 0.0456. The van der Waals surface area contributed by atoms with Crippen LogP contribution in [-0.2, 0) is 25.4 Å². The summed E-state index contributed by atoms with van der Waals surface area (Å²) in [6.45, 7) is 3.14. The average Bonchev–Trinajstić information content (AvgIpc) is 3.47. The summed E-state index contributed by atoms with van der Waals surface area (Å²) in [7, 11) is 0. The fourth-order valence-electron chi connectivity index (χ4n) is 9.25. The van der Waals surface area contributed by atoms with Crippen LogP contribution in [0.1, 0.15) is 89.9 Å². The maximum absolute atomic E-state index is 13.6. The van der Waals surface area contributed by atoms with Crippen LogP contribution in [0.5, 0.6) is 11.5 Å². The van der Waals surface area contributed by atoms with Crippen LogP contribution in [0.2, 0.25) is 10.0 Å². The van der Waals surface area contributed by atoms with Gasteiger partial charge in [-0.15, -0.1) is 0 Å². The summed E-state index contributed by atoms with van der Waals surface area (Å²) in [6, 6.07) is 60.4. The van der Waals surface area contributed by atoms with Crippen LogP contribution in [0.4, 0.5) is 26.3 Å². The fourth-order valence-corrected chi connectivity index (χ4v) is 9.84. The minimum absolute atomic E-state index is 0.0276. The number of rotatable bonds is 24. The molecule has 8 rings (SSSR count). The van der Waals surface area contributed by atoms with E-state index in [9.17, 15) is 46.1 Å². The van der Waals surface area contributed by atoms with Crippen molar-refractivity contribution in [3.05, 3.63) is 272 Å². The lowest BCUT2D eigenvalue weighted by Crippen LogP contribution is -2.31. The number of aromatic carboxylic acids is 2. The van der Waals surface area contributed by atoms with Gasteiger partial charge < -0.3 is 19.7 Å². The lowest BCUT2D eigenvalue weighted by molar-refractivity contribution is -0.138. The van der Waals surface area contributed by atoms with Crippen molar-refractivity contribution in [3.8, 4) is 11.5 Å². The highest BCUT2D eigenvalue weighted by molar-refractivity contribution is 6.32. The van der Waals surface area contributed by atoms with Gasteiger partial charge in [-0.05, 0) is 94.8 Å². The van der Waals surface area contributed by atoms with E-state index < -0.39 is 35.4 Å². The molecule has 80 heavy (non-hydrogen) atoms. The maximum Gasteiger partial charge on any atom is 0.417 e. The van der Waals surface area contributed by atoms with Crippen LogP contribution in [-0.4, -0.2) is 71.3 Å². The van der Waals surface area contributed by atoms with Gasteiger partial charge >= 0.3 is 24.3 Å². The van der Waals surface area contributed by atoms with E-state index in [2.05, 4.69) is 9.80 Å². The zero-order chi connectivity index (χ0) is 57.1. The molecule has 416 valence electrons. The summed E-state index contributed by atoms with van der Waals surface area (Å²) in [5.74, 6) is -1.25. The van der Waals surface area contributed by atoms with Gasteiger partial charge in [0.25, 0.3) is 0 Å². The number of hydrogen-bond acceptors (Lipinski definition) is 6. The Balaban J connectivity index is 0.000000231. The highest BCUT2D eigenvalue weighted by atomic mass is 35.5. The number of carbonyl (C=O) groups is 2. The van der Waals surface area contributed by atoms with Crippen LogP contribution in [0.15, 0.2) is 206 Å². The third-order valence-corrected chi connectivity index (χ3v) is 14.1. The molecule has 8 nitrogen and oxygen atoms in total. The van der Waals surface area contributed by atoms with Gasteiger partial charge in [-0.2, -0.15) is 26.3 Å². The molecule has 0 unspecified atom stereocenters. The van der Waals surface area contributed by atoms with Gasteiger partial charge in [-0.3, -0.25) is 9.80 Å². The molecule has 0 heterocycles. The molecule has 0 spiro atoms. The van der Waals surface area contributed by atoms with Crippen LogP contribution in [0.25, 0.3) is 0 Å². The smallest absolute Gasteiger partial charge is 0.417 e. The Labute approximate surface area is 471 Å². The number of nitrogens with zero attached hydrogens (tertiary/aromatic N) is 2. The number of halogens is 8. The Hall–Kier alpha value is -7.62. The summed E-state index contributed by atoms with van der Waals surface area (Å²) in [5, 5.41) is 17.8. The fraction of sp³-hybridized carbons (Fsp3) is 0.219. The Morgan fingerprint density at radius 2 is 0.750 bits per heavy atom. The summed E-state index contributed by atoms with van der Waals surface area (Å²) in [5.41, 5.74) is 3.72. The zero-order valence-corrected chi connectivity index (χ0v) is 44.8. The Morgan fingerprint density at radius 1 is 0.438 bits per heavy atom. The van der Waals surface area contributed by atoms with Crippen molar-refractivity contribution >= 4 is 35.1 Å². The molecule has 0 aromatic heterocycles. The molecule has 2 N–H and O–H groups in total. The molecule has 0 saturated carbocycles. The second-order valence-corrected chi connectivity index (χ2v) is 19.6. The number of ether oxygens (including phenoxy) is 2. The first-order chi connectivity index (χ1) is 38.4. The van der Waals surface area contributed by atoms with Crippen LogP contribution >= 0.6 is 23.2 Å². The van der Waals surface area contributed by atoms with Crippen molar-refractivity contribution in [2.45, 2.75) is 50.1 Å². The first-order valence-electron chi connectivity index (χ1n) is 25.7. The lowest BCUT2D eigenvalue weighted by atomic mass is 9.90. The van der Waals surface area contributed by atoms with Gasteiger partial charge in [0.05, 0.1) is 45.5 Å². The molecular formula is C64H58Cl2F6N2O6. The number of benzene rings is 8. The predicted octanol–water partition coefficient (Wildman–Crippen LogP) is 16.3. The molecule has 0 aliphatic carbocycles. The van der Waals surface area contributed by atoms with Crippen LogP contribution in [0, 0.1) is 0 Å².